The van der Waals surface area contributed by atoms with E-state index in [4.69, 9.17) is 0 Å². The number of alkyl halides is 3. The first kappa shape index (κ1) is 18.8. The number of carbonyl (C=O) groups is 1. The number of hydrogen-bond acceptors (Lipinski definition) is 3. The van der Waals surface area contributed by atoms with Crippen molar-refractivity contribution in [1.29, 1.82) is 0 Å². The minimum absolute atomic E-state index is 0.0852. The molecule has 1 N–H and O–H groups in total. The predicted molar refractivity (Wildman–Crippen MR) is 81.6 cm³/mol. The maximum absolute atomic E-state index is 12.5. The van der Waals surface area contributed by atoms with Gasteiger partial charge in [-0.05, 0) is 19.4 Å². The molecule has 1 rings (SSSR count). The summed E-state index contributed by atoms with van der Waals surface area (Å²) in [5.74, 6) is -0.399. The highest BCUT2D eigenvalue weighted by Gasteiger charge is 2.34. The van der Waals surface area contributed by atoms with Gasteiger partial charge < -0.3 is 10.0 Å². The number of carbonyl (C=O) groups excluding carboxylic acids is 1. The van der Waals surface area contributed by atoms with Gasteiger partial charge in [-0.15, -0.1) is 11.8 Å². The molecule has 7 heteroatoms. The normalized spacial score (nSPS) is 13.2. The maximum Gasteiger partial charge on any atom is 0.406 e. The van der Waals surface area contributed by atoms with Gasteiger partial charge in [0.15, 0.2) is 0 Å². The molecule has 1 amide bonds. The summed E-state index contributed by atoms with van der Waals surface area (Å²) in [6.45, 7) is 1.85. The van der Waals surface area contributed by atoms with Gasteiger partial charge >= 0.3 is 6.18 Å². The van der Waals surface area contributed by atoms with Gasteiger partial charge in [-0.2, -0.15) is 13.2 Å². The Bertz CT molecular complexity index is 466. The molecule has 0 aromatic heterocycles. The Kier molecular flexibility index (Phi) is 7.22. The first-order chi connectivity index (χ1) is 10.2. The van der Waals surface area contributed by atoms with Crippen LogP contribution in [0.4, 0.5) is 13.2 Å². The van der Waals surface area contributed by atoms with Crippen molar-refractivity contribution in [1.82, 2.24) is 4.90 Å². The molecule has 22 heavy (non-hydrogen) atoms. The number of aliphatic hydroxyl groups excluding tert-OH is 1. The smallest absolute Gasteiger partial charge is 0.388 e. The van der Waals surface area contributed by atoms with Gasteiger partial charge in [-0.25, -0.2) is 0 Å². The van der Waals surface area contributed by atoms with Crippen molar-refractivity contribution in [2.24, 2.45) is 0 Å². The van der Waals surface area contributed by atoms with Crippen LogP contribution in [0.5, 0.6) is 0 Å². The topological polar surface area (TPSA) is 40.5 Å². The fraction of sp³-hybridized carbons (Fsp3) is 0.533. The SMILES string of the molecule is CC(C)N(CC(F)(F)F)C(=O)CSCC(O)c1ccccc1. The van der Waals surface area contributed by atoms with Gasteiger partial charge in [0.1, 0.15) is 6.54 Å². The number of aliphatic hydroxyl groups is 1. The molecule has 0 aliphatic carbocycles. The van der Waals surface area contributed by atoms with Crippen LogP contribution in [0, 0.1) is 0 Å². The summed E-state index contributed by atoms with van der Waals surface area (Å²) in [5.41, 5.74) is 0.721. The van der Waals surface area contributed by atoms with Crippen molar-refractivity contribution < 1.29 is 23.1 Å². The lowest BCUT2D eigenvalue weighted by Crippen LogP contribution is -2.44. The monoisotopic (exact) mass is 335 g/mol. The quantitative estimate of drug-likeness (QED) is 0.831. The number of rotatable bonds is 7. The summed E-state index contributed by atoms with van der Waals surface area (Å²) in [7, 11) is 0. The largest absolute Gasteiger partial charge is 0.406 e. The Morgan fingerprint density at radius 3 is 2.36 bits per heavy atom. The first-order valence-electron chi connectivity index (χ1n) is 6.87. The third-order valence-electron chi connectivity index (χ3n) is 2.98. The van der Waals surface area contributed by atoms with Crippen LogP contribution >= 0.6 is 11.8 Å². The van der Waals surface area contributed by atoms with E-state index in [0.717, 1.165) is 22.2 Å². The summed E-state index contributed by atoms with van der Waals surface area (Å²) >= 11 is 1.13. The van der Waals surface area contributed by atoms with E-state index in [1.54, 1.807) is 38.1 Å². The number of amides is 1. The molecule has 1 unspecified atom stereocenters. The summed E-state index contributed by atoms with van der Waals surface area (Å²) < 4.78 is 37.4. The lowest BCUT2D eigenvalue weighted by Gasteiger charge is -2.27. The second-order valence-electron chi connectivity index (χ2n) is 5.17. The molecule has 0 bridgehead atoms. The highest BCUT2D eigenvalue weighted by Crippen LogP contribution is 2.21. The van der Waals surface area contributed by atoms with Crippen molar-refractivity contribution in [3.05, 3.63) is 35.9 Å². The highest BCUT2D eigenvalue weighted by molar-refractivity contribution is 7.99. The second-order valence-corrected chi connectivity index (χ2v) is 6.20. The van der Waals surface area contributed by atoms with Crippen LogP contribution < -0.4 is 0 Å². The zero-order valence-corrected chi connectivity index (χ0v) is 13.3. The molecular formula is C15H20F3NO2S. The van der Waals surface area contributed by atoms with Crippen molar-refractivity contribution in [2.45, 2.75) is 32.2 Å². The van der Waals surface area contributed by atoms with Crippen LogP contribution in [-0.4, -0.2) is 46.2 Å². The molecule has 1 aromatic rings. The average molecular weight is 335 g/mol. The van der Waals surface area contributed by atoms with E-state index in [2.05, 4.69) is 0 Å². The molecule has 0 aliphatic heterocycles. The van der Waals surface area contributed by atoms with Crippen LogP contribution in [-0.2, 0) is 4.79 Å². The van der Waals surface area contributed by atoms with E-state index in [1.165, 1.54) is 0 Å². The Hall–Kier alpha value is -1.21. The maximum atomic E-state index is 12.5. The summed E-state index contributed by atoms with van der Waals surface area (Å²) in [6, 6.07) is 8.41. The standard InChI is InChI=1S/C15H20F3NO2S/c1-11(2)19(10-15(16,17)18)14(21)9-22-8-13(20)12-6-4-3-5-7-12/h3-7,11,13,20H,8-10H2,1-2H3. The van der Waals surface area contributed by atoms with Crippen molar-refractivity contribution >= 4 is 17.7 Å². The predicted octanol–water partition coefficient (Wildman–Crippen LogP) is 3.25. The van der Waals surface area contributed by atoms with Gasteiger partial charge in [0, 0.05) is 11.8 Å². The molecule has 0 radical (unpaired) electrons. The van der Waals surface area contributed by atoms with E-state index in [0.29, 0.717) is 0 Å². The molecule has 1 aromatic carbocycles. The lowest BCUT2D eigenvalue weighted by atomic mass is 10.1. The molecule has 0 heterocycles. The molecule has 0 saturated carbocycles. The van der Waals surface area contributed by atoms with Crippen LogP contribution in [0.1, 0.15) is 25.5 Å². The fourth-order valence-electron chi connectivity index (χ4n) is 1.86. The van der Waals surface area contributed by atoms with E-state index in [1.807, 2.05) is 6.07 Å². The first-order valence-corrected chi connectivity index (χ1v) is 8.03. The molecule has 0 saturated heterocycles. The molecule has 0 aliphatic rings. The zero-order valence-electron chi connectivity index (χ0n) is 12.5. The molecular weight excluding hydrogens is 315 g/mol. The lowest BCUT2D eigenvalue weighted by molar-refractivity contribution is -0.162. The third-order valence-corrected chi connectivity index (χ3v) is 3.98. The molecule has 0 fully saturated rings. The van der Waals surface area contributed by atoms with Crippen LogP contribution in [0.25, 0.3) is 0 Å². The van der Waals surface area contributed by atoms with Crippen molar-refractivity contribution in [2.75, 3.05) is 18.1 Å². The minimum atomic E-state index is -4.41. The van der Waals surface area contributed by atoms with Gasteiger partial charge in [0.2, 0.25) is 5.91 Å². The fourth-order valence-corrected chi connectivity index (χ4v) is 2.74. The highest BCUT2D eigenvalue weighted by atomic mass is 32.2. The van der Waals surface area contributed by atoms with E-state index < -0.39 is 30.8 Å². The van der Waals surface area contributed by atoms with E-state index >= 15 is 0 Å². The van der Waals surface area contributed by atoms with Gasteiger partial charge in [-0.3, -0.25) is 4.79 Å². The third kappa shape index (κ3) is 6.70. The van der Waals surface area contributed by atoms with Gasteiger partial charge in [-0.1, -0.05) is 30.3 Å². The average Bonchev–Trinajstić information content (AvgIpc) is 2.44. The molecule has 1 atom stereocenters. The Morgan fingerprint density at radius 1 is 1.27 bits per heavy atom. The van der Waals surface area contributed by atoms with Gasteiger partial charge in [0.05, 0.1) is 11.9 Å². The molecule has 3 nitrogen and oxygen atoms in total. The minimum Gasteiger partial charge on any atom is -0.388 e. The molecule has 124 valence electrons. The summed E-state index contributed by atoms with van der Waals surface area (Å²) in [4.78, 5) is 12.7. The Balaban J connectivity index is 2.47. The number of hydrogen-bond donors (Lipinski definition) is 1. The van der Waals surface area contributed by atoms with Gasteiger partial charge in [0.25, 0.3) is 0 Å². The summed E-state index contributed by atoms with van der Waals surface area (Å²) in [6.07, 6.45) is -5.15. The number of nitrogens with zero attached hydrogens (tertiary/aromatic N) is 1. The number of halogens is 3. The van der Waals surface area contributed by atoms with E-state index in [9.17, 15) is 23.1 Å². The number of thioether (sulfide) groups is 1. The van der Waals surface area contributed by atoms with Crippen LogP contribution in [0.15, 0.2) is 30.3 Å². The number of benzene rings is 1. The zero-order chi connectivity index (χ0) is 16.8. The Morgan fingerprint density at radius 2 is 1.86 bits per heavy atom. The van der Waals surface area contributed by atoms with Crippen LogP contribution in [0.3, 0.4) is 0 Å². The Labute approximate surface area is 132 Å². The van der Waals surface area contributed by atoms with Crippen molar-refractivity contribution in [3.63, 3.8) is 0 Å². The van der Waals surface area contributed by atoms with E-state index in [-0.39, 0.29) is 11.5 Å². The van der Waals surface area contributed by atoms with Crippen molar-refractivity contribution in [3.8, 4) is 0 Å². The van der Waals surface area contributed by atoms with Crippen LogP contribution in [0.2, 0.25) is 0 Å². The summed E-state index contributed by atoms with van der Waals surface area (Å²) in [5, 5.41) is 9.94. The second kappa shape index (κ2) is 8.43. The molecule has 0 spiro atoms.